The predicted octanol–water partition coefficient (Wildman–Crippen LogP) is 1.11. The van der Waals surface area contributed by atoms with Crippen molar-refractivity contribution in [2.45, 2.75) is 13.3 Å². The van der Waals surface area contributed by atoms with Crippen molar-refractivity contribution in [3.05, 3.63) is 35.1 Å². The number of amides is 2. The van der Waals surface area contributed by atoms with E-state index in [0.717, 1.165) is 0 Å². The van der Waals surface area contributed by atoms with E-state index in [2.05, 4.69) is 5.32 Å². The van der Waals surface area contributed by atoms with Crippen LogP contribution in [0.2, 0.25) is 0 Å². The molecule has 1 aliphatic rings. The molecule has 1 fully saturated rings. The van der Waals surface area contributed by atoms with Crippen molar-refractivity contribution in [1.29, 1.82) is 0 Å². The van der Waals surface area contributed by atoms with Crippen LogP contribution in [-0.4, -0.2) is 49.6 Å². The summed E-state index contributed by atoms with van der Waals surface area (Å²) in [4.78, 5) is 25.5. The molecule has 0 aromatic heterocycles. The van der Waals surface area contributed by atoms with Crippen LogP contribution < -0.4 is 5.32 Å². The van der Waals surface area contributed by atoms with Crippen molar-refractivity contribution in [1.82, 2.24) is 10.2 Å². The Morgan fingerprint density at radius 3 is 2.71 bits per heavy atom. The second-order valence-electron chi connectivity index (χ2n) is 4.96. The van der Waals surface area contributed by atoms with Crippen LogP contribution in [0.5, 0.6) is 0 Å². The molecule has 114 valence electrons. The van der Waals surface area contributed by atoms with Crippen molar-refractivity contribution < 1.29 is 18.7 Å². The highest BCUT2D eigenvalue weighted by Gasteiger charge is 2.16. The van der Waals surface area contributed by atoms with Gasteiger partial charge in [0.15, 0.2) is 0 Å². The van der Waals surface area contributed by atoms with Gasteiger partial charge < -0.3 is 15.0 Å². The van der Waals surface area contributed by atoms with Gasteiger partial charge in [-0.1, -0.05) is 0 Å². The first-order valence-corrected chi connectivity index (χ1v) is 6.98. The minimum Gasteiger partial charge on any atom is -0.378 e. The molecule has 1 heterocycles. The number of rotatable bonds is 4. The van der Waals surface area contributed by atoms with Gasteiger partial charge in [-0.15, -0.1) is 0 Å². The summed E-state index contributed by atoms with van der Waals surface area (Å²) >= 11 is 0. The molecular weight excluding hydrogens is 275 g/mol. The van der Waals surface area contributed by atoms with Crippen LogP contribution >= 0.6 is 0 Å². The maximum Gasteiger partial charge on any atom is 0.251 e. The van der Waals surface area contributed by atoms with Gasteiger partial charge in [0.25, 0.3) is 5.91 Å². The maximum absolute atomic E-state index is 13.1. The van der Waals surface area contributed by atoms with Gasteiger partial charge in [0.2, 0.25) is 5.91 Å². The van der Waals surface area contributed by atoms with Gasteiger partial charge >= 0.3 is 0 Å². The van der Waals surface area contributed by atoms with Crippen molar-refractivity contribution in [3.63, 3.8) is 0 Å². The van der Waals surface area contributed by atoms with E-state index in [9.17, 15) is 14.0 Å². The Kier molecular flexibility index (Phi) is 5.27. The second-order valence-corrected chi connectivity index (χ2v) is 4.96. The Labute approximate surface area is 123 Å². The number of benzene rings is 1. The number of carbonyl (C=O) groups excluding carboxylic acids is 2. The molecule has 0 aliphatic carbocycles. The van der Waals surface area contributed by atoms with E-state index >= 15 is 0 Å². The van der Waals surface area contributed by atoms with E-state index in [1.807, 2.05) is 0 Å². The zero-order valence-corrected chi connectivity index (χ0v) is 12.0. The van der Waals surface area contributed by atoms with Crippen LogP contribution in [0.15, 0.2) is 18.2 Å². The topological polar surface area (TPSA) is 58.6 Å². The highest BCUT2D eigenvalue weighted by atomic mass is 19.1. The molecule has 5 nitrogen and oxygen atoms in total. The molecule has 0 atom stereocenters. The zero-order valence-electron chi connectivity index (χ0n) is 12.0. The number of nitrogens with zero attached hydrogens (tertiary/aromatic N) is 1. The number of morpholine rings is 1. The van der Waals surface area contributed by atoms with Crippen LogP contribution in [0.25, 0.3) is 0 Å². The van der Waals surface area contributed by atoms with E-state index < -0.39 is 0 Å². The van der Waals surface area contributed by atoms with Crippen molar-refractivity contribution >= 4 is 11.8 Å². The summed E-state index contributed by atoms with van der Waals surface area (Å²) in [6.45, 7) is 4.20. The molecule has 1 N–H and O–H groups in total. The molecule has 1 aliphatic heterocycles. The van der Waals surface area contributed by atoms with E-state index in [4.69, 9.17) is 4.74 Å². The van der Waals surface area contributed by atoms with Crippen LogP contribution in [0, 0.1) is 12.7 Å². The first kappa shape index (κ1) is 15.4. The first-order valence-electron chi connectivity index (χ1n) is 6.98. The Balaban J connectivity index is 1.78. The second kappa shape index (κ2) is 7.17. The van der Waals surface area contributed by atoms with E-state index in [1.165, 1.54) is 18.2 Å². The summed E-state index contributed by atoms with van der Waals surface area (Å²) < 4.78 is 18.3. The van der Waals surface area contributed by atoms with Crippen LogP contribution in [0.3, 0.4) is 0 Å². The Bertz CT molecular complexity index is 528. The van der Waals surface area contributed by atoms with Gasteiger partial charge in [0.05, 0.1) is 13.2 Å². The summed E-state index contributed by atoms with van der Waals surface area (Å²) in [5, 5.41) is 2.68. The summed E-state index contributed by atoms with van der Waals surface area (Å²) in [6, 6.07) is 4.19. The fraction of sp³-hybridized carbons (Fsp3) is 0.467. The van der Waals surface area contributed by atoms with Crippen LogP contribution in [-0.2, 0) is 9.53 Å². The van der Waals surface area contributed by atoms with Gasteiger partial charge in [-0.25, -0.2) is 4.39 Å². The number of halogens is 1. The fourth-order valence-corrected chi connectivity index (χ4v) is 2.14. The molecule has 1 aromatic rings. The fourth-order valence-electron chi connectivity index (χ4n) is 2.14. The Hall–Kier alpha value is -1.95. The lowest BCUT2D eigenvalue weighted by Gasteiger charge is -2.26. The molecular formula is C15H19FN2O3. The lowest BCUT2D eigenvalue weighted by atomic mass is 10.1. The average Bonchev–Trinajstić information content (AvgIpc) is 2.50. The largest absolute Gasteiger partial charge is 0.378 e. The van der Waals surface area contributed by atoms with E-state index in [1.54, 1.807) is 11.8 Å². The Morgan fingerprint density at radius 1 is 1.33 bits per heavy atom. The Morgan fingerprint density at radius 2 is 2.05 bits per heavy atom. The standard InChI is InChI=1S/C15H19FN2O3/c1-11-10-12(2-3-13(11)16)15(20)17-5-4-14(19)18-6-8-21-9-7-18/h2-3,10H,4-9H2,1H3,(H,17,20). The van der Waals surface area contributed by atoms with Gasteiger partial charge in [-0.2, -0.15) is 0 Å². The molecule has 0 unspecified atom stereocenters. The monoisotopic (exact) mass is 294 g/mol. The molecule has 21 heavy (non-hydrogen) atoms. The maximum atomic E-state index is 13.1. The lowest BCUT2D eigenvalue weighted by molar-refractivity contribution is -0.135. The highest BCUT2D eigenvalue weighted by Crippen LogP contribution is 2.09. The van der Waals surface area contributed by atoms with Gasteiger partial charge in [-0.05, 0) is 30.7 Å². The molecule has 0 spiro atoms. The smallest absolute Gasteiger partial charge is 0.251 e. The summed E-state index contributed by atoms with van der Waals surface area (Å²) in [5.41, 5.74) is 0.819. The minimum atomic E-state index is -0.339. The quantitative estimate of drug-likeness (QED) is 0.905. The number of nitrogens with one attached hydrogen (secondary N) is 1. The molecule has 2 amide bonds. The van der Waals surface area contributed by atoms with E-state index in [-0.39, 0.29) is 30.6 Å². The van der Waals surface area contributed by atoms with Crippen molar-refractivity contribution in [2.24, 2.45) is 0 Å². The van der Waals surface area contributed by atoms with E-state index in [0.29, 0.717) is 37.4 Å². The number of hydrogen-bond acceptors (Lipinski definition) is 3. The van der Waals surface area contributed by atoms with Gasteiger partial charge in [-0.3, -0.25) is 9.59 Å². The molecule has 0 radical (unpaired) electrons. The lowest BCUT2D eigenvalue weighted by Crippen LogP contribution is -2.42. The third-order valence-electron chi connectivity index (χ3n) is 3.41. The third-order valence-corrected chi connectivity index (χ3v) is 3.41. The highest BCUT2D eigenvalue weighted by molar-refractivity contribution is 5.94. The molecule has 1 saturated heterocycles. The molecule has 0 bridgehead atoms. The summed E-state index contributed by atoms with van der Waals surface area (Å²) in [7, 11) is 0. The molecule has 0 saturated carbocycles. The van der Waals surface area contributed by atoms with Crippen molar-refractivity contribution in [3.8, 4) is 0 Å². The number of ether oxygens (including phenoxy) is 1. The SMILES string of the molecule is Cc1cc(C(=O)NCCC(=O)N2CCOCC2)ccc1F. The van der Waals surface area contributed by atoms with Gasteiger partial charge in [0, 0.05) is 31.6 Å². The van der Waals surface area contributed by atoms with Crippen LogP contribution in [0.4, 0.5) is 4.39 Å². The number of carbonyl (C=O) groups is 2. The first-order chi connectivity index (χ1) is 10.1. The molecule has 2 rings (SSSR count). The number of hydrogen-bond donors (Lipinski definition) is 1. The third kappa shape index (κ3) is 4.26. The molecule has 6 heteroatoms. The van der Waals surface area contributed by atoms with Crippen LogP contribution in [0.1, 0.15) is 22.3 Å². The summed E-state index contributed by atoms with van der Waals surface area (Å²) in [6.07, 6.45) is 0.256. The normalized spacial score (nSPS) is 14.9. The summed E-state index contributed by atoms with van der Waals surface area (Å²) in [5.74, 6) is -0.629. The minimum absolute atomic E-state index is 0.00823. The number of aryl methyl sites for hydroxylation is 1. The zero-order chi connectivity index (χ0) is 15.2. The molecule has 1 aromatic carbocycles. The van der Waals surface area contributed by atoms with Gasteiger partial charge in [0.1, 0.15) is 5.82 Å². The average molecular weight is 294 g/mol. The predicted molar refractivity (Wildman–Crippen MR) is 75.5 cm³/mol. The van der Waals surface area contributed by atoms with Crippen molar-refractivity contribution in [2.75, 3.05) is 32.8 Å².